The van der Waals surface area contributed by atoms with E-state index in [-0.39, 0.29) is 40.7 Å². The number of carbonyl (C=O) groups is 1. The maximum atomic E-state index is 13.4. The van der Waals surface area contributed by atoms with Crippen molar-refractivity contribution in [3.8, 4) is 5.75 Å². The van der Waals surface area contributed by atoms with Crippen LogP contribution in [0.3, 0.4) is 0 Å². The number of ether oxygens (including phenoxy) is 1. The van der Waals surface area contributed by atoms with Gasteiger partial charge in [-0.15, -0.1) is 0 Å². The number of sulfonamides is 1. The van der Waals surface area contributed by atoms with Gasteiger partial charge in [-0.2, -0.15) is 0 Å². The highest BCUT2D eigenvalue weighted by atomic mass is 35.5. The van der Waals surface area contributed by atoms with Gasteiger partial charge in [-0.05, 0) is 63.5 Å². The van der Waals surface area contributed by atoms with Gasteiger partial charge in [-0.3, -0.25) is 9.52 Å². The molecular weight excluding hydrogens is 466 g/mol. The van der Waals surface area contributed by atoms with E-state index >= 15 is 0 Å². The summed E-state index contributed by atoms with van der Waals surface area (Å²) in [4.78, 5) is 17.1. The van der Waals surface area contributed by atoms with Crippen molar-refractivity contribution in [2.45, 2.75) is 30.9 Å². The number of likely N-dealkylation sites (N-methyl/N-ethyl adjacent to an activating group) is 1. The van der Waals surface area contributed by atoms with Crippen LogP contribution in [0.15, 0.2) is 47.4 Å². The monoisotopic (exact) mass is 495 g/mol. The molecule has 1 aliphatic rings. The second kappa shape index (κ2) is 10.3. The Morgan fingerprint density at radius 1 is 1.24 bits per heavy atom. The SMILES string of the molecule is C[C@@H]1CN([C@@H](C)CO)C(=O)c2cc(NS(=O)(=O)c3ccc(Cl)cc3)ccc2O[C@@H]1CN(C)C. The van der Waals surface area contributed by atoms with E-state index in [2.05, 4.69) is 4.72 Å². The van der Waals surface area contributed by atoms with Gasteiger partial charge < -0.3 is 19.6 Å². The summed E-state index contributed by atoms with van der Waals surface area (Å²) in [6.45, 7) is 4.65. The van der Waals surface area contributed by atoms with Gasteiger partial charge in [0.05, 0.1) is 23.1 Å². The average molecular weight is 496 g/mol. The van der Waals surface area contributed by atoms with Crippen LogP contribution in [0.2, 0.25) is 5.02 Å². The van der Waals surface area contributed by atoms with Crippen molar-refractivity contribution < 1.29 is 23.1 Å². The number of amides is 1. The Morgan fingerprint density at radius 3 is 2.52 bits per heavy atom. The molecule has 8 nitrogen and oxygen atoms in total. The topological polar surface area (TPSA) is 99.2 Å². The Morgan fingerprint density at radius 2 is 1.91 bits per heavy atom. The minimum atomic E-state index is -3.88. The van der Waals surface area contributed by atoms with Crippen molar-refractivity contribution in [2.75, 3.05) is 38.5 Å². The first-order valence-corrected chi connectivity index (χ1v) is 12.5. The van der Waals surface area contributed by atoms with E-state index < -0.39 is 16.1 Å². The number of nitrogens with zero attached hydrogens (tertiary/aromatic N) is 2. The van der Waals surface area contributed by atoms with Crippen molar-refractivity contribution in [3.63, 3.8) is 0 Å². The fourth-order valence-electron chi connectivity index (χ4n) is 3.69. The molecule has 0 saturated heterocycles. The molecule has 33 heavy (non-hydrogen) atoms. The number of nitrogens with one attached hydrogen (secondary N) is 1. The Kier molecular flexibility index (Phi) is 7.89. The molecule has 1 heterocycles. The predicted molar refractivity (Wildman–Crippen MR) is 128 cm³/mol. The van der Waals surface area contributed by atoms with Gasteiger partial charge in [0.2, 0.25) is 0 Å². The Balaban J connectivity index is 2.00. The maximum Gasteiger partial charge on any atom is 0.261 e. The van der Waals surface area contributed by atoms with E-state index in [0.717, 1.165) is 0 Å². The maximum absolute atomic E-state index is 13.4. The third-order valence-corrected chi connectivity index (χ3v) is 7.24. The highest BCUT2D eigenvalue weighted by molar-refractivity contribution is 7.92. The molecule has 3 rings (SSSR count). The summed E-state index contributed by atoms with van der Waals surface area (Å²) < 4.78 is 34.4. The van der Waals surface area contributed by atoms with Crippen LogP contribution in [-0.2, 0) is 10.0 Å². The zero-order valence-electron chi connectivity index (χ0n) is 19.2. The predicted octanol–water partition coefficient (Wildman–Crippen LogP) is 2.92. The third-order valence-electron chi connectivity index (χ3n) is 5.59. The number of benzene rings is 2. The number of hydrogen-bond donors (Lipinski definition) is 2. The number of aliphatic hydroxyl groups excluding tert-OH is 1. The number of aliphatic hydroxyl groups is 1. The van der Waals surface area contributed by atoms with E-state index in [1.54, 1.807) is 24.0 Å². The van der Waals surface area contributed by atoms with Gasteiger partial charge in [0.25, 0.3) is 15.9 Å². The molecule has 180 valence electrons. The highest BCUT2D eigenvalue weighted by Crippen LogP contribution is 2.31. The van der Waals surface area contributed by atoms with Crippen molar-refractivity contribution in [1.82, 2.24) is 9.80 Å². The molecule has 0 spiro atoms. The molecule has 0 saturated carbocycles. The molecule has 2 aromatic carbocycles. The number of anilines is 1. The van der Waals surface area contributed by atoms with Crippen LogP contribution in [0.4, 0.5) is 5.69 Å². The number of carbonyl (C=O) groups excluding carboxylic acids is 1. The lowest BCUT2D eigenvalue weighted by Crippen LogP contribution is -2.49. The largest absolute Gasteiger partial charge is 0.488 e. The molecule has 0 unspecified atom stereocenters. The first-order valence-electron chi connectivity index (χ1n) is 10.7. The minimum Gasteiger partial charge on any atom is -0.488 e. The number of halogens is 1. The Labute approximate surface area is 200 Å². The van der Waals surface area contributed by atoms with Gasteiger partial charge in [-0.1, -0.05) is 18.5 Å². The quantitative estimate of drug-likeness (QED) is 0.612. The number of hydrogen-bond acceptors (Lipinski definition) is 6. The van der Waals surface area contributed by atoms with E-state index in [1.165, 1.54) is 30.3 Å². The minimum absolute atomic E-state index is 0.0154. The standard InChI is InChI=1S/C23H30ClN3O5S/c1-15-12-27(16(2)14-28)23(29)20-11-18(7-10-21(20)32-22(15)13-26(3)4)25-33(30,31)19-8-5-17(24)6-9-19/h5-11,15-16,22,25,28H,12-14H2,1-4H3/t15-,16+,22-/m1/s1. The molecule has 2 N–H and O–H groups in total. The zero-order valence-corrected chi connectivity index (χ0v) is 20.7. The lowest BCUT2D eigenvalue weighted by Gasteiger charge is -2.37. The van der Waals surface area contributed by atoms with Crippen molar-refractivity contribution >= 4 is 33.2 Å². The molecule has 0 radical (unpaired) electrons. The molecule has 1 amide bonds. The van der Waals surface area contributed by atoms with Gasteiger partial charge in [-0.25, -0.2) is 8.42 Å². The lowest BCUT2D eigenvalue weighted by molar-refractivity contribution is 0.0363. The summed E-state index contributed by atoms with van der Waals surface area (Å²) in [7, 11) is 0.0147. The number of fused-ring (bicyclic) bond motifs is 1. The molecule has 1 aliphatic heterocycles. The van der Waals surface area contributed by atoms with Crippen LogP contribution < -0.4 is 9.46 Å². The van der Waals surface area contributed by atoms with Crippen LogP contribution in [0.5, 0.6) is 5.75 Å². The normalized spacial score (nSPS) is 20.0. The van der Waals surface area contributed by atoms with E-state index in [9.17, 15) is 18.3 Å². The summed E-state index contributed by atoms with van der Waals surface area (Å²) in [6, 6.07) is 10.1. The molecule has 3 atom stereocenters. The van der Waals surface area contributed by atoms with E-state index in [4.69, 9.17) is 16.3 Å². The van der Waals surface area contributed by atoms with Crippen molar-refractivity contribution in [1.29, 1.82) is 0 Å². The van der Waals surface area contributed by atoms with Crippen LogP contribution in [-0.4, -0.2) is 75.2 Å². The van der Waals surface area contributed by atoms with E-state index in [0.29, 0.717) is 23.9 Å². The summed E-state index contributed by atoms with van der Waals surface area (Å²) >= 11 is 5.86. The molecule has 0 aromatic heterocycles. The number of rotatable bonds is 7. The van der Waals surface area contributed by atoms with Gasteiger partial charge in [0.15, 0.2) is 0 Å². The van der Waals surface area contributed by atoms with E-state index in [1.807, 2.05) is 25.9 Å². The second-order valence-corrected chi connectivity index (χ2v) is 10.8. The molecule has 0 fully saturated rings. The zero-order chi connectivity index (χ0) is 24.3. The smallest absolute Gasteiger partial charge is 0.261 e. The molecular formula is C23H30ClN3O5S. The van der Waals surface area contributed by atoms with Crippen LogP contribution in [0.1, 0.15) is 24.2 Å². The van der Waals surface area contributed by atoms with Gasteiger partial charge >= 0.3 is 0 Å². The summed E-state index contributed by atoms with van der Waals surface area (Å²) in [5.41, 5.74) is 0.470. The fourth-order valence-corrected chi connectivity index (χ4v) is 4.87. The van der Waals surface area contributed by atoms with Crippen molar-refractivity contribution in [3.05, 3.63) is 53.1 Å². The highest BCUT2D eigenvalue weighted by Gasteiger charge is 2.33. The van der Waals surface area contributed by atoms with Gasteiger partial charge in [0, 0.05) is 29.7 Å². The second-order valence-electron chi connectivity index (χ2n) is 8.66. The molecule has 0 aliphatic carbocycles. The lowest BCUT2D eigenvalue weighted by atomic mass is 9.99. The summed E-state index contributed by atoms with van der Waals surface area (Å²) in [5.74, 6) is 0.0683. The fraction of sp³-hybridized carbons (Fsp3) is 0.435. The first-order chi connectivity index (χ1) is 15.5. The van der Waals surface area contributed by atoms with Gasteiger partial charge in [0.1, 0.15) is 11.9 Å². The molecule has 10 heteroatoms. The van der Waals surface area contributed by atoms with Crippen LogP contribution in [0.25, 0.3) is 0 Å². The first kappa shape index (κ1) is 25.3. The molecule has 0 bridgehead atoms. The van der Waals surface area contributed by atoms with Crippen LogP contribution in [0, 0.1) is 5.92 Å². The summed E-state index contributed by atoms with van der Waals surface area (Å²) in [5, 5.41) is 10.2. The molecule has 2 aromatic rings. The van der Waals surface area contributed by atoms with Crippen molar-refractivity contribution in [2.24, 2.45) is 5.92 Å². The Bertz CT molecular complexity index is 1090. The summed E-state index contributed by atoms with van der Waals surface area (Å²) in [6.07, 6.45) is -0.197. The van der Waals surface area contributed by atoms with Crippen LogP contribution >= 0.6 is 11.6 Å². The third kappa shape index (κ3) is 5.97. The Hall–Kier alpha value is -2.33. The average Bonchev–Trinajstić information content (AvgIpc) is 2.76.